The molecule has 0 aromatic heterocycles. The molecule has 0 amide bonds. The smallest absolute Gasteiger partial charge is 0.0866 e. The molecule has 1 saturated heterocycles. The molecule has 13 heavy (non-hydrogen) atoms. The van der Waals surface area contributed by atoms with Crippen molar-refractivity contribution in [3.63, 3.8) is 0 Å². The second-order valence-electron chi connectivity index (χ2n) is 4.49. The molecule has 2 aliphatic rings. The number of rotatable bonds is 1. The maximum atomic E-state index is 8.62. The lowest BCUT2D eigenvalue weighted by Gasteiger charge is -2.40. The van der Waals surface area contributed by atoms with E-state index in [0.717, 1.165) is 18.4 Å². The Morgan fingerprint density at radius 2 is 1.92 bits per heavy atom. The molecule has 1 saturated carbocycles. The van der Waals surface area contributed by atoms with Gasteiger partial charge in [-0.1, -0.05) is 19.3 Å². The molecule has 0 N–H and O–H groups in total. The predicted octanol–water partition coefficient (Wildman–Crippen LogP) is 2.02. The highest BCUT2D eigenvalue weighted by molar-refractivity contribution is 4.87. The lowest BCUT2D eigenvalue weighted by molar-refractivity contribution is 0.0962. The molecule has 0 radical (unpaired) electrons. The number of nitriles is 1. The van der Waals surface area contributed by atoms with Crippen LogP contribution in [0.1, 0.15) is 32.1 Å². The molecule has 2 nitrogen and oxygen atoms in total. The Labute approximate surface area is 80.5 Å². The Balaban J connectivity index is 1.88. The predicted molar refractivity (Wildman–Crippen MR) is 52.1 cm³/mol. The van der Waals surface area contributed by atoms with Gasteiger partial charge in [-0.05, 0) is 31.2 Å². The number of hydrogen-bond donors (Lipinski definition) is 0. The SMILES string of the molecule is N#CCN1CCC2CCCCC2C1. The third kappa shape index (κ3) is 2.03. The third-order valence-corrected chi connectivity index (χ3v) is 3.67. The van der Waals surface area contributed by atoms with E-state index in [0.29, 0.717) is 6.54 Å². The number of likely N-dealkylation sites (tertiary alicyclic amines) is 1. The molecule has 2 unspecified atom stereocenters. The summed E-state index contributed by atoms with van der Waals surface area (Å²) in [5, 5.41) is 8.62. The summed E-state index contributed by atoms with van der Waals surface area (Å²) < 4.78 is 0. The Morgan fingerprint density at radius 3 is 2.69 bits per heavy atom. The van der Waals surface area contributed by atoms with Crippen LogP contribution in [0, 0.1) is 23.2 Å². The van der Waals surface area contributed by atoms with Crippen molar-refractivity contribution in [1.29, 1.82) is 5.26 Å². The van der Waals surface area contributed by atoms with Crippen molar-refractivity contribution in [3.8, 4) is 6.07 Å². The molecule has 0 aromatic rings. The summed E-state index contributed by atoms with van der Waals surface area (Å²) in [5.74, 6) is 1.90. The molecule has 2 heteroatoms. The molecular formula is C11H18N2. The van der Waals surface area contributed by atoms with Gasteiger partial charge in [0.05, 0.1) is 12.6 Å². The second-order valence-corrected chi connectivity index (χ2v) is 4.49. The lowest BCUT2D eigenvalue weighted by atomic mass is 9.75. The highest BCUT2D eigenvalue weighted by Gasteiger charge is 2.30. The molecule has 0 spiro atoms. The minimum absolute atomic E-state index is 0.642. The largest absolute Gasteiger partial charge is 0.290 e. The molecule has 0 aromatic carbocycles. The first kappa shape index (κ1) is 9.02. The van der Waals surface area contributed by atoms with Crippen molar-refractivity contribution in [2.24, 2.45) is 11.8 Å². The average Bonchev–Trinajstić information content (AvgIpc) is 2.18. The molecule has 2 rings (SSSR count). The van der Waals surface area contributed by atoms with E-state index in [1.54, 1.807) is 0 Å². The lowest BCUT2D eigenvalue weighted by Crippen LogP contribution is -2.41. The van der Waals surface area contributed by atoms with Gasteiger partial charge in [-0.15, -0.1) is 0 Å². The van der Waals surface area contributed by atoms with Crippen LogP contribution in [0.15, 0.2) is 0 Å². The highest BCUT2D eigenvalue weighted by atomic mass is 15.1. The normalized spacial score (nSPS) is 35.0. The van der Waals surface area contributed by atoms with Crippen LogP contribution in [0.3, 0.4) is 0 Å². The number of fused-ring (bicyclic) bond motifs is 1. The van der Waals surface area contributed by atoms with E-state index in [2.05, 4.69) is 11.0 Å². The van der Waals surface area contributed by atoms with Gasteiger partial charge >= 0.3 is 0 Å². The van der Waals surface area contributed by atoms with E-state index in [4.69, 9.17) is 5.26 Å². The van der Waals surface area contributed by atoms with E-state index >= 15 is 0 Å². The summed E-state index contributed by atoms with van der Waals surface area (Å²) in [5.41, 5.74) is 0. The van der Waals surface area contributed by atoms with E-state index in [1.165, 1.54) is 38.6 Å². The molecule has 0 bridgehead atoms. The summed E-state index contributed by atoms with van der Waals surface area (Å²) in [7, 11) is 0. The van der Waals surface area contributed by atoms with Crippen molar-refractivity contribution < 1.29 is 0 Å². The fourth-order valence-electron chi connectivity index (χ4n) is 2.92. The number of piperidine rings is 1. The van der Waals surface area contributed by atoms with Crippen molar-refractivity contribution >= 4 is 0 Å². The standard InChI is InChI=1S/C11H18N2/c12-6-8-13-7-5-10-3-1-2-4-11(10)9-13/h10-11H,1-5,7-9H2. The minimum Gasteiger partial charge on any atom is -0.290 e. The summed E-state index contributed by atoms with van der Waals surface area (Å²) >= 11 is 0. The second kappa shape index (κ2) is 4.11. The third-order valence-electron chi connectivity index (χ3n) is 3.67. The van der Waals surface area contributed by atoms with Gasteiger partial charge in [0.1, 0.15) is 0 Å². The molecule has 1 heterocycles. The van der Waals surface area contributed by atoms with Crippen molar-refractivity contribution in [2.75, 3.05) is 19.6 Å². The first-order valence-corrected chi connectivity index (χ1v) is 5.49. The summed E-state index contributed by atoms with van der Waals surface area (Å²) in [6.45, 7) is 3.00. The van der Waals surface area contributed by atoms with E-state index in [-0.39, 0.29) is 0 Å². The van der Waals surface area contributed by atoms with E-state index in [9.17, 15) is 0 Å². The first-order valence-electron chi connectivity index (χ1n) is 5.49. The molecule has 72 valence electrons. The van der Waals surface area contributed by atoms with Crippen molar-refractivity contribution in [2.45, 2.75) is 32.1 Å². The van der Waals surface area contributed by atoms with E-state index < -0.39 is 0 Å². The summed E-state index contributed by atoms with van der Waals surface area (Å²) in [6.07, 6.45) is 7.06. The van der Waals surface area contributed by atoms with Gasteiger partial charge in [-0.3, -0.25) is 4.90 Å². The van der Waals surface area contributed by atoms with Gasteiger partial charge in [0.15, 0.2) is 0 Å². The zero-order valence-electron chi connectivity index (χ0n) is 8.21. The van der Waals surface area contributed by atoms with Crippen LogP contribution in [0.5, 0.6) is 0 Å². The fraction of sp³-hybridized carbons (Fsp3) is 0.909. The Hall–Kier alpha value is -0.550. The summed E-state index contributed by atoms with van der Waals surface area (Å²) in [4.78, 5) is 2.33. The van der Waals surface area contributed by atoms with Crippen LogP contribution in [0.4, 0.5) is 0 Å². The monoisotopic (exact) mass is 178 g/mol. The Bertz CT molecular complexity index is 207. The molecular weight excluding hydrogens is 160 g/mol. The first-order chi connectivity index (χ1) is 6.40. The zero-order valence-corrected chi connectivity index (χ0v) is 8.21. The van der Waals surface area contributed by atoms with Gasteiger partial charge in [0.25, 0.3) is 0 Å². The minimum atomic E-state index is 0.642. The Kier molecular flexibility index (Phi) is 2.85. The van der Waals surface area contributed by atoms with Crippen LogP contribution in [0.25, 0.3) is 0 Å². The molecule has 1 aliphatic heterocycles. The van der Waals surface area contributed by atoms with Gasteiger partial charge in [-0.25, -0.2) is 0 Å². The van der Waals surface area contributed by atoms with Crippen molar-refractivity contribution in [3.05, 3.63) is 0 Å². The van der Waals surface area contributed by atoms with Gasteiger partial charge in [-0.2, -0.15) is 5.26 Å². The average molecular weight is 178 g/mol. The van der Waals surface area contributed by atoms with Gasteiger partial charge in [0, 0.05) is 6.54 Å². The van der Waals surface area contributed by atoms with Gasteiger partial charge < -0.3 is 0 Å². The van der Waals surface area contributed by atoms with E-state index in [1.807, 2.05) is 0 Å². The van der Waals surface area contributed by atoms with Crippen LogP contribution in [-0.4, -0.2) is 24.5 Å². The van der Waals surface area contributed by atoms with Crippen LogP contribution < -0.4 is 0 Å². The maximum absolute atomic E-state index is 8.62. The van der Waals surface area contributed by atoms with Crippen LogP contribution in [-0.2, 0) is 0 Å². The van der Waals surface area contributed by atoms with Gasteiger partial charge in [0.2, 0.25) is 0 Å². The quantitative estimate of drug-likeness (QED) is 0.574. The molecule has 2 fully saturated rings. The van der Waals surface area contributed by atoms with Crippen molar-refractivity contribution in [1.82, 2.24) is 4.90 Å². The molecule has 2 atom stereocenters. The molecule has 1 aliphatic carbocycles. The zero-order chi connectivity index (χ0) is 9.10. The Morgan fingerprint density at radius 1 is 1.15 bits per heavy atom. The summed E-state index contributed by atoms with van der Waals surface area (Å²) in [6, 6.07) is 2.26. The van der Waals surface area contributed by atoms with Crippen LogP contribution >= 0.6 is 0 Å². The number of hydrogen-bond acceptors (Lipinski definition) is 2. The topological polar surface area (TPSA) is 27.0 Å². The maximum Gasteiger partial charge on any atom is 0.0866 e. The highest BCUT2D eigenvalue weighted by Crippen LogP contribution is 2.35. The fourth-order valence-corrected chi connectivity index (χ4v) is 2.92. The van der Waals surface area contributed by atoms with Crippen LogP contribution in [0.2, 0.25) is 0 Å². The number of nitrogens with zero attached hydrogens (tertiary/aromatic N) is 2.